The highest BCUT2D eigenvalue weighted by atomic mass is 35.5. The van der Waals surface area contributed by atoms with Crippen molar-refractivity contribution in [3.05, 3.63) is 62.9 Å². The third-order valence-corrected chi connectivity index (χ3v) is 3.07. The fraction of sp³-hybridized carbons (Fsp3) is 0.0769. The molecule has 2 N–H and O–H groups in total. The molecule has 0 saturated heterocycles. The highest BCUT2D eigenvalue weighted by Crippen LogP contribution is 2.27. The van der Waals surface area contributed by atoms with Gasteiger partial charge in [0.25, 0.3) is 5.69 Å². The number of benzene rings is 2. The van der Waals surface area contributed by atoms with E-state index >= 15 is 0 Å². The zero-order valence-electron chi connectivity index (χ0n) is 10.1. The molecule has 2 rings (SSSR count). The maximum Gasteiger partial charge on any atom is 0.272 e. The van der Waals surface area contributed by atoms with E-state index in [4.69, 9.17) is 11.6 Å². The molecule has 5 nitrogen and oxygen atoms in total. The van der Waals surface area contributed by atoms with Crippen LogP contribution >= 0.6 is 11.6 Å². The molecule has 0 heterocycles. The Balaban J connectivity index is 2.17. The van der Waals surface area contributed by atoms with Crippen molar-refractivity contribution in [1.82, 2.24) is 0 Å². The number of non-ortho nitro benzene ring substituents is 1. The molecule has 0 unspecified atom stereocenters. The first-order valence-electron chi connectivity index (χ1n) is 5.63. The number of nitrogens with one attached hydrogen (secondary N) is 1. The zero-order chi connectivity index (χ0) is 14.7. The summed E-state index contributed by atoms with van der Waals surface area (Å²) < 4.78 is 13.7. The van der Waals surface area contributed by atoms with Crippen LogP contribution in [0.5, 0.6) is 5.75 Å². The molecule has 0 fully saturated rings. The Morgan fingerprint density at radius 1 is 1.35 bits per heavy atom. The van der Waals surface area contributed by atoms with Crippen molar-refractivity contribution < 1.29 is 14.4 Å². The predicted octanol–water partition coefficient (Wildman–Crippen LogP) is 3.71. The van der Waals surface area contributed by atoms with Crippen LogP contribution in [0.3, 0.4) is 0 Å². The molecule has 0 aliphatic rings. The predicted molar refractivity (Wildman–Crippen MR) is 73.5 cm³/mol. The summed E-state index contributed by atoms with van der Waals surface area (Å²) in [6.07, 6.45) is 0. The number of phenolic OH excluding ortho intramolecular Hbond substituents is 1. The summed E-state index contributed by atoms with van der Waals surface area (Å²) in [6, 6.07) is 7.95. The highest BCUT2D eigenvalue weighted by molar-refractivity contribution is 6.31. The summed E-state index contributed by atoms with van der Waals surface area (Å²) in [7, 11) is 0. The zero-order valence-corrected chi connectivity index (χ0v) is 10.9. The molecule has 0 aromatic heterocycles. The quantitative estimate of drug-likeness (QED) is 0.666. The van der Waals surface area contributed by atoms with Gasteiger partial charge in [-0.15, -0.1) is 0 Å². The fourth-order valence-corrected chi connectivity index (χ4v) is 1.90. The molecule has 0 aliphatic heterocycles. The van der Waals surface area contributed by atoms with Crippen LogP contribution in [0.15, 0.2) is 36.4 Å². The Morgan fingerprint density at radius 2 is 2.10 bits per heavy atom. The van der Waals surface area contributed by atoms with Gasteiger partial charge in [-0.3, -0.25) is 10.1 Å². The Kier molecular flexibility index (Phi) is 4.05. The molecule has 2 aromatic rings. The van der Waals surface area contributed by atoms with Gasteiger partial charge in [0, 0.05) is 23.2 Å². The average molecular weight is 297 g/mol. The minimum Gasteiger partial charge on any atom is -0.508 e. The number of halogens is 2. The van der Waals surface area contributed by atoms with E-state index in [1.165, 1.54) is 18.2 Å². The van der Waals surface area contributed by atoms with Crippen molar-refractivity contribution >= 4 is 23.0 Å². The molecule has 2 aromatic carbocycles. The van der Waals surface area contributed by atoms with Crippen molar-refractivity contribution in [2.45, 2.75) is 6.54 Å². The molecule has 0 saturated carbocycles. The second-order valence-corrected chi connectivity index (χ2v) is 4.42. The van der Waals surface area contributed by atoms with E-state index in [1.807, 2.05) is 0 Å². The third-order valence-electron chi connectivity index (χ3n) is 2.71. The van der Waals surface area contributed by atoms with E-state index in [2.05, 4.69) is 5.32 Å². The normalized spacial score (nSPS) is 10.3. The number of anilines is 1. The van der Waals surface area contributed by atoms with Crippen LogP contribution in [0.1, 0.15) is 5.56 Å². The summed E-state index contributed by atoms with van der Waals surface area (Å²) in [5.74, 6) is -0.752. The fourth-order valence-electron chi connectivity index (χ4n) is 1.67. The third kappa shape index (κ3) is 2.97. The molecule has 20 heavy (non-hydrogen) atoms. The van der Waals surface area contributed by atoms with Crippen LogP contribution in [0.25, 0.3) is 0 Å². The Labute approximate surface area is 118 Å². The molecule has 0 aliphatic carbocycles. The van der Waals surface area contributed by atoms with Gasteiger partial charge in [-0.25, -0.2) is 4.39 Å². The summed E-state index contributed by atoms with van der Waals surface area (Å²) >= 11 is 5.92. The molecule has 0 atom stereocenters. The van der Waals surface area contributed by atoms with Gasteiger partial charge >= 0.3 is 0 Å². The monoisotopic (exact) mass is 296 g/mol. The van der Waals surface area contributed by atoms with Crippen LogP contribution in [0, 0.1) is 15.9 Å². The molecule has 0 radical (unpaired) electrons. The minimum absolute atomic E-state index is 0.00711. The van der Waals surface area contributed by atoms with Gasteiger partial charge < -0.3 is 10.4 Å². The minimum atomic E-state index is -0.745. The second-order valence-electron chi connectivity index (χ2n) is 4.01. The van der Waals surface area contributed by atoms with Crippen LogP contribution < -0.4 is 5.32 Å². The number of aromatic hydroxyl groups is 1. The Morgan fingerprint density at radius 3 is 2.70 bits per heavy atom. The first kappa shape index (κ1) is 14.1. The molecular formula is C13H10ClFN2O3. The maximum atomic E-state index is 13.7. The van der Waals surface area contributed by atoms with E-state index in [1.54, 1.807) is 12.1 Å². The van der Waals surface area contributed by atoms with E-state index in [9.17, 15) is 19.6 Å². The number of nitrogens with zero attached hydrogens (tertiary/aromatic N) is 1. The lowest BCUT2D eigenvalue weighted by Gasteiger charge is -2.10. The highest BCUT2D eigenvalue weighted by Gasteiger charge is 2.12. The van der Waals surface area contributed by atoms with Crippen LogP contribution in [0.2, 0.25) is 5.02 Å². The smallest absolute Gasteiger partial charge is 0.272 e. The lowest BCUT2D eigenvalue weighted by molar-refractivity contribution is -0.385. The number of nitro benzene ring substituents is 1. The van der Waals surface area contributed by atoms with E-state index in [0.717, 1.165) is 6.07 Å². The summed E-state index contributed by atoms with van der Waals surface area (Å²) in [5, 5.41) is 23.2. The van der Waals surface area contributed by atoms with Gasteiger partial charge in [0.2, 0.25) is 0 Å². The first-order chi connectivity index (χ1) is 9.49. The second kappa shape index (κ2) is 5.75. The lowest BCUT2D eigenvalue weighted by Crippen LogP contribution is -2.03. The largest absolute Gasteiger partial charge is 0.508 e. The van der Waals surface area contributed by atoms with E-state index in [-0.39, 0.29) is 23.7 Å². The van der Waals surface area contributed by atoms with Gasteiger partial charge in [0.1, 0.15) is 5.75 Å². The number of rotatable bonds is 4. The number of hydrogen-bond donors (Lipinski definition) is 2. The number of phenols is 1. The molecule has 0 amide bonds. The summed E-state index contributed by atoms with van der Waals surface area (Å²) in [5.41, 5.74) is 0.190. The van der Waals surface area contributed by atoms with Crippen LogP contribution in [-0.2, 0) is 6.54 Å². The summed E-state index contributed by atoms with van der Waals surface area (Å²) in [4.78, 5) is 9.83. The van der Waals surface area contributed by atoms with Crippen molar-refractivity contribution in [1.29, 1.82) is 0 Å². The standard InChI is InChI=1S/C13H10ClFN2O3/c14-10-2-1-3-13(18)9(10)7-16-12-5-4-8(17(19)20)6-11(12)15/h1-6,16,18H,7H2. The lowest BCUT2D eigenvalue weighted by atomic mass is 10.2. The molecule has 0 spiro atoms. The Bertz CT molecular complexity index is 644. The molecular weight excluding hydrogens is 287 g/mol. The number of hydrogen-bond acceptors (Lipinski definition) is 4. The van der Waals surface area contributed by atoms with Gasteiger partial charge in [-0.05, 0) is 18.2 Å². The topological polar surface area (TPSA) is 75.4 Å². The molecule has 0 bridgehead atoms. The van der Waals surface area contributed by atoms with Crippen LogP contribution in [0.4, 0.5) is 15.8 Å². The van der Waals surface area contributed by atoms with Gasteiger partial charge in [-0.1, -0.05) is 17.7 Å². The van der Waals surface area contributed by atoms with E-state index < -0.39 is 10.7 Å². The molecule has 104 valence electrons. The van der Waals surface area contributed by atoms with Gasteiger partial charge in [-0.2, -0.15) is 0 Å². The van der Waals surface area contributed by atoms with Crippen LogP contribution in [-0.4, -0.2) is 10.0 Å². The average Bonchev–Trinajstić information content (AvgIpc) is 2.39. The van der Waals surface area contributed by atoms with Crippen molar-refractivity contribution in [3.8, 4) is 5.75 Å². The van der Waals surface area contributed by atoms with Crippen molar-refractivity contribution in [2.75, 3.05) is 5.32 Å². The summed E-state index contributed by atoms with van der Waals surface area (Å²) in [6.45, 7) is 0.0975. The molecule has 7 heteroatoms. The number of nitro groups is 1. The van der Waals surface area contributed by atoms with Crippen molar-refractivity contribution in [3.63, 3.8) is 0 Å². The maximum absolute atomic E-state index is 13.7. The first-order valence-corrected chi connectivity index (χ1v) is 6.01. The van der Waals surface area contributed by atoms with Gasteiger partial charge in [0.05, 0.1) is 16.7 Å². The SMILES string of the molecule is O=[N+]([O-])c1ccc(NCc2c(O)cccc2Cl)c(F)c1. The Hall–Kier alpha value is -2.34. The van der Waals surface area contributed by atoms with Gasteiger partial charge in [0.15, 0.2) is 5.82 Å². The van der Waals surface area contributed by atoms with Crippen molar-refractivity contribution in [2.24, 2.45) is 0 Å². The van der Waals surface area contributed by atoms with E-state index in [0.29, 0.717) is 10.6 Å².